The van der Waals surface area contributed by atoms with E-state index < -0.39 is 24.0 Å². The van der Waals surface area contributed by atoms with Gasteiger partial charge in [-0.1, -0.05) is 0 Å². The molecule has 0 radical (unpaired) electrons. The standard InChI is InChI=1S/C20H20O7S/c1-23-13-6-5-11(9-14(13)24-2)17-15(19(21)25-3)16(20(22)26-4)18(27-17)12-7-8-28-10-12/h5-10,16,18H,1-4H3/t16-,18+/m1/s1. The zero-order chi connectivity index (χ0) is 20.3. The summed E-state index contributed by atoms with van der Waals surface area (Å²) in [7, 11) is 5.57. The minimum absolute atomic E-state index is 0.109. The van der Waals surface area contributed by atoms with Gasteiger partial charge in [0.25, 0.3) is 0 Å². The van der Waals surface area contributed by atoms with Crippen LogP contribution < -0.4 is 9.47 Å². The summed E-state index contributed by atoms with van der Waals surface area (Å²) in [4.78, 5) is 25.2. The summed E-state index contributed by atoms with van der Waals surface area (Å²) >= 11 is 1.47. The SMILES string of the molecule is COC(=O)C1=C(c2ccc(OC)c(OC)c2)O[C@@H](c2ccsc2)[C@@H]1C(=O)OC. The molecule has 0 aliphatic carbocycles. The van der Waals surface area contributed by atoms with E-state index in [0.717, 1.165) is 5.56 Å². The molecule has 1 aromatic carbocycles. The Kier molecular flexibility index (Phi) is 5.89. The third-order valence-corrected chi connectivity index (χ3v) is 5.18. The lowest BCUT2D eigenvalue weighted by Crippen LogP contribution is -2.26. The molecule has 28 heavy (non-hydrogen) atoms. The van der Waals surface area contributed by atoms with Crippen molar-refractivity contribution in [1.29, 1.82) is 0 Å². The number of hydrogen-bond donors (Lipinski definition) is 0. The van der Waals surface area contributed by atoms with Crippen molar-refractivity contribution in [2.24, 2.45) is 5.92 Å². The lowest BCUT2D eigenvalue weighted by atomic mass is 9.90. The van der Waals surface area contributed by atoms with Crippen LogP contribution in [0.2, 0.25) is 0 Å². The van der Waals surface area contributed by atoms with Crippen molar-refractivity contribution < 1.29 is 33.3 Å². The minimum atomic E-state index is -0.949. The molecule has 2 heterocycles. The lowest BCUT2D eigenvalue weighted by Gasteiger charge is -2.18. The van der Waals surface area contributed by atoms with Gasteiger partial charge in [0.2, 0.25) is 0 Å². The number of benzene rings is 1. The molecule has 0 saturated carbocycles. The number of ether oxygens (including phenoxy) is 5. The fourth-order valence-electron chi connectivity index (χ4n) is 3.15. The highest BCUT2D eigenvalue weighted by Crippen LogP contribution is 2.47. The number of thiophene rings is 1. The monoisotopic (exact) mass is 404 g/mol. The molecular weight excluding hydrogens is 384 g/mol. The summed E-state index contributed by atoms with van der Waals surface area (Å²) in [6.07, 6.45) is -0.698. The Balaban J connectivity index is 2.17. The second-order valence-electron chi connectivity index (χ2n) is 5.90. The molecule has 0 bridgehead atoms. The van der Waals surface area contributed by atoms with E-state index in [1.165, 1.54) is 39.8 Å². The topological polar surface area (TPSA) is 80.3 Å². The Morgan fingerprint density at radius 2 is 1.75 bits per heavy atom. The molecule has 0 unspecified atom stereocenters. The third kappa shape index (κ3) is 3.43. The maximum atomic E-state index is 12.6. The van der Waals surface area contributed by atoms with Crippen LogP contribution in [0.15, 0.2) is 40.6 Å². The number of hydrogen-bond acceptors (Lipinski definition) is 8. The van der Waals surface area contributed by atoms with E-state index in [1.54, 1.807) is 18.2 Å². The summed E-state index contributed by atoms with van der Waals surface area (Å²) in [6, 6.07) is 6.95. The normalized spacial score (nSPS) is 18.4. The smallest absolute Gasteiger partial charge is 0.338 e. The number of carbonyl (C=O) groups excluding carboxylic acids is 2. The highest BCUT2D eigenvalue weighted by molar-refractivity contribution is 7.08. The van der Waals surface area contributed by atoms with Gasteiger partial charge in [0.05, 0.1) is 34.0 Å². The molecule has 1 aliphatic heterocycles. The van der Waals surface area contributed by atoms with E-state index in [-0.39, 0.29) is 11.3 Å². The molecule has 1 aliphatic rings. The molecule has 2 aromatic rings. The van der Waals surface area contributed by atoms with Crippen LogP contribution in [0.5, 0.6) is 11.5 Å². The van der Waals surface area contributed by atoms with Crippen molar-refractivity contribution in [2.45, 2.75) is 6.10 Å². The maximum Gasteiger partial charge on any atom is 0.338 e. The van der Waals surface area contributed by atoms with Crippen LogP contribution in [0.3, 0.4) is 0 Å². The van der Waals surface area contributed by atoms with E-state index in [2.05, 4.69) is 0 Å². The van der Waals surface area contributed by atoms with E-state index in [0.29, 0.717) is 17.1 Å². The fraction of sp³-hybridized carbons (Fsp3) is 0.300. The molecule has 0 spiro atoms. The molecule has 2 atom stereocenters. The van der Waals surface area contributed by atoms with Crippen LogP contribution in [0.1, 0.15) is 17.2 Å². The largest absolute Gasteiger partial charge is 0.493 e. The molecule has 0 saturated heterocycles. The summed E-state index contributed by atoms with van der Waals surface area (Å²) < 4.78 is 26.6. The van der Waals surface area contributed by atoms with E-state index >= 15 is 0 Å². The van der Waals surface area contributed by atoms with Crippen LogP contribution in [0.4, 0.5) is 0 Å². The van der Waals surface area contributed by atoms with Crippen molar-refractivity contribution in [3.8, 4) is 11.5 Å². The Morgan fingerprint density at radius 3 is 2.32 bits per heavy atom. The van der Waals surface area contributed by atoms with Gasteiger partial charge in [-0.3, -0.25) is 4.79 Å². The Labute approximate surface area is 166 Å². The van der Waals surface area contributed by atoms with Gasteiger partial charge in [-0.25, -0.2) is 4.79 Å². The first kappa shape index (κ1) is 19.8. The predicted molar refractivity (Wildman–Crippen MR) is 102 cm³/mol. The van der Waals surface area contributed by atoms with Crippen LogP contribution in [0, 0.1) is 5.92 Å². The molecule has 0 amide bonds. The molecule has 0 N–H and O–H groups in total. The van der Waals surface area contributed by atoms with Gasteiger partial charge < -0.3 is 23.7 Å². The van der Waals surface area contributed by atoms with Crippen LogP contribution in [-0.2, 0) is 23.8 Å². The first-order valence-electron chi connectivity index (χ1n) is 8.37. The number of esters is 2. The van der Waals surface area contributed by atoms with E-state index in [4.69, 9.17) is 23.7 Å². The molecule has 148 valence electrons. The van der Waals surface area contributed by atoms with E-state index in [1.807, 2.05) is 16.8 Å². The van der Waals surface area contributed by atoms with Gasteiger partial charge >= 0.3 is 11.9 Å². The summed E-state index contributed by atoms with van der Waals surface area (Å²) in [5.41, 5.74) is 1.44. The summed E-state index contributed by atoms with van der Waals surface area (Å²) in [5.74, 6) is -0.933. The Bertz CT molecular complexity index is 901. The van der Waals surface area contributed by atoms with Crippen molar-refractivity contribution in [3.63, 3.8) is 0 Å². The van der Waals surface area contributed by atoms with Crippen LogP contribution in [0.25, 0.3) is 5.76 Å². The summed E-state index contributed by atoms with van der Waals surface area (Å²) in [6.45, 7) is 0. The molecule has 8 heteroatoms. The number of carbonyl (C=O) groups is 2. The highest BCUT2D eigenvalue weighted by atomic mass is 32.1. The molecule has 7 nitrogen and oxygen atoms in total. The van der Waals surface area contributed by atoms with E-state index in [9.17, 15) is 9.59 Å². The predicted octanol–water partition coefficient (Wildman–Crippen LogP) is 3.21. The van der Waals surface area contributed by atoms with Gasteiger partial charge in [0.1, 0.15) is 17.8 Å². The average molecular weight is 404 g/mol. The number of rotatable bonds is 6. The average Bonchev–Trinajstić information content (AvgIpc) is 3.39. The Morgan fingerprint density at radius 1 is 1.00 bits per heavy atom. The zero-order valence-electron chi connectivity index (χ0n) is 15.9. The van der Waals surface area contributed by atoms with Gasteiger partial charge in [-0.15, -0.1) is 0 Å². The molecule has 0 fully saturated rings. The molecule has 1 aromatic heterocycles. The first-order valence-corrected chi connectivity index (χ1v) is 9.31. The number of methoxy groups -OCH3 is 4. The zero-order valence-corrected chi connectivity index (χ0v) is 16.7. The second-order valence-corrected chi connectivity index (χ2v) is 6.68. The van der Waals surface area contributed by atoms with Crippen molar-refractivity contribution in [1.82, 2.24) is 0 Å². The molecular formula is C20H20O7S. The highest BCUT2D eigenvalue weighted by Gasteiger charge is 2.47. The molecule has 3 rings (SSSR count). The van der Waals surface area contributed by atoms with Gasteiger partial charge in [0, 0.05) is 11.1 Å². The van der Waals surface area contributed by atoms with Crippen molar-refractivity contribution in [2.75, 3.05) is 28.4 Å². The van der Waals surface area contributed by atoms with Crippen LogP contribution in [-0.4, -0.2) is 40.4 Å². The van der Waals surface area contributed by atoms with Gasteiger partial charge in [0.15, 0.2) is 11.5 Å². The second kappa shape index (κ2) is 8.35. The summed E-state index contributed by atoms with van der Waals surface area (Å²) in [5, 5.41) is 3.74. The Hall–Kier alpha value is -3.00. The van der Waals surface area contributed by atoms with Gasteiger partial charge in [-0.05, 0) is 35.0 Å². The van der Waals surface area contributed by atoms with Gasteiger partial charge in [-0.2, -0.15) is 11.3 Å². The lowest BCUT2D eigenvalue weighted by molar-refractivity contribution is -0.149. The van der Waals surface area contributed by atoms with Crippen LogP contribution >= 0.6 is 11.3 Å². The van der Waals surface area contributed by atoms with Crippen molar-refractivity contribution >= 4 is 29.0 Å². The third-order valence-electron chi connectivity index (χ3n) is 4.48. The quantitative estimate of drug-likeness (QED) is 0.684. The maximum absolute atomic E-state index is 12.6. The first-order chi connectivity index (χ1) is 13.5. The van der Waals surface area contributed by atoms with Crippen molar-refractivity contribution in [3.05, 3.63) is 51.7 Å². The minimum Gasteiger partial charge on any atom is -0.493 e. The fourth-order valence-corrected chi connectivity index (χ4v) is 3.83.